The van der Waals surface area contributed by atoms with Crippen LogP contribution in [0.1, 0.15) is 18.9 Å². The van der Waals surface area contributed by atoms with Crippen molar-refractivity contribution >= 4 is 17.7 Å². The third-order valence-electron chi connectivity index (χ3n) is 3.18. The Morgan fingerprint density at radius 3 is 3.06 bits per heavy atom. The molecule has 3 heterocycles. The molecule has 0 aromatic carbocycles. The Labute approximate surface area is 107 Å². The van der Waals surface area contributed by atoms with Crippen LogP contribution in [0.15, 0.2) is 24.8 Å². The van der Waals surface area contributed by atoms with Gasteiger partial charge in [0.2, 0.25) is 0 Å². The quantitative estimate of drug-likeness (QED) is 0.714. The number of hydrogen-bond donors (Lipinski definition) is 1. The topological polar surface area (TPSA) is 63.8 Å². The van der Waals surface area contributed by atoms with Crippen molar-refractivity contribution in [3.8, 4) is 11.4 Å². The molecule has 3 aromatic rings. The van der Waals surface area contributed by atoms with Crippen molar-refractivity contribution in [2.24, 2.45) is 0 Å². The van der Waals surface area contributed by atoms with Crippen LogP contribution in [0, 0.1) is 4.77 Å². The van der Waals surface area contributed by atoms with Gasteiger partial charge in [-0.1, -0.05) is 0 Å². The van der Waals surface area contributed by atoms with Crippen molar-refractivity contribution in [1.82, 2.24) is 29.4 Å². The first-order chi connectivity index (χ1) is 8.84. The Hall–Kier alpha value is -2.02. The van der Waals surface area contributed by atoms with Crippen LogP contribution in [0.4, 0.5) is 0 Å². The zero-order valence-electron chi connectivity index (χ0n) is 9.45. The van der Waals surface area contributed by atoms with Gasteiger partial charge in [0.1, 0.15) is 0 Å². The number of H-pyrrole nitrogens is 1. The van der Waals surface area contributed by atoms with Crippen molar-refractivity contribution in [2.75, 3.05) is 0 Å². The van der Waals surface area contributed by atoms with Gasteiger partial charge in [0.25, 0.3) is 0 Å². The van der Waals surface area contributed by atoms with E-state index in [0.717, 1.165) is 29.7 Å². The monoisotopic (exact) mass is 258 g/mol. The van der Waals surface area contributed by atoms with E-state index < -0.39 is 0 Å². The third kappa shape index (κ3) is 1.34. The molecule has 0 bridgehead atoms. The summed E-state index contributed by atoms with van der Waals surface area (Å²) in [7, 11) is 0. The number of aromatic nitrogens is 6. The second-order valence-corrected chi connectivity index (χ2v) is 4.80. The van der Waals surface area contributed by atoms with Crippen LogP contribution >= 0.6 is 12.2 Å². The molecule has 3 aromatic heterocycles. The van der Waals surface area contributed by atoms with Crippen LogP contribution in [0.3, 0.4) is 0 Å². The van der Waals surface area contributed by atoms with Gasteiger partial charge in [-0.15, -0.1) is 0 Å². The van der Waals surface area contributed by atoms with E-state index in [1.807, 2.05) is 6.20 Å². The molecular formula is C11H10N6S. The molecule has 7 heteroatoms. The second-order valence-electron chi connectivity index (χ2n) is 4.42. The molecule has 0 radical (unpaired) electrons. The minimum atomic E-state index is 0.484. The van der Waals surface area contributed by atoms with Gasteiger partial charge in [-0.05, 0) is 25.1 Å². The van der Waals surface area contributed by atoms with Crippen LogP contribution in [0.2, 0.25) is 0 Å². The number of nitrogens with one attached hydrogen (secondary N) is 1. The van der Waals surface area contributed by atoms with E-state index in [0.29, 0.717) is 10.8 Å². The highest BCUT2D eigenvalue weighted by atomic mass is 32.1. The maximum atomic E-state index is 5.29. The van der Waals surface area contributed by atoms with Gasteiger partial charge in [-0.2, -0.15) is 10.2 Å². The Kier molecular flexibility index (Phi) is 1.93. The smallest absolute Gasteiger partial charge is 0.195 e. The van der Waals surface area contributed by atoms with Crippen LogP contribution < -0.4 is 0 Å². The molecule has 0 atom stereocenters. The maximum Gasteiger partial charge on any atom is 0.195 e. The minimum absolute atomic E-state index is 0.484. The van der Waals surface area contributed by atoms with E-state index in [-0.39, 0.29) is 0 Å². The Balaban J connectivity index is 2.00. The Morgan fingerprint density at radius 2 is 2.22 bits per heavy atom. The molecule has 0 amide bonds. The second kappa shape index (κ2) is 3.49. The van der Waals surface area contributed by atoms with E-state index in [1.54, 1.807) is 23.1 Å². The molecule has 0 unspecified atom stereocenters. The van der Waals surface area contributed by atoms with Crippen LogP contribution in [0.25, 0.3) is 16.9 Å². The average Bonchev–Trinajstić information content (AvgIpc) is 3.02. The number of nitrogens with zero attached hydrogens (tertiary/aromatic N) is 5. The summed E-state index contributed by atoms with van der Waals surface area (Å²) < 4.78 is 4.55. The lowest BCUT2D eigenvalue weighted by atomic mass is 10.3. The van der Waals surface area contributed by atoms with Gasteiger partial charge in [-0.3, -0.25) is 14.6 Å². The molecule has 0 saturated heterocycles. The molecule has 90 valence electrons. The molecule has 6 nitrogen and oxygen atoms in total. The SMILES string of the molecule is S=c1[nH]nc(-c2cnn3ccncc23)n1C1CC1. The highest BCUT2D eigenvalue weighted by Crippen LogP contribution is 2.38. The van der Waals surface area contributed by atoms with Gasteiger partial charge >= 0.3 is 0 Å². The lowest BCUT2D eigenvalue weighted by Gasteiger charge is -2.02. The predicted octanol–water partition coefficient (Wildman–Crippen LogP) is 1.99. The molecule has 0 aliphatic heterocycles. The molecule has 1 saturated carbocycles. The van der Waals surface area contributed by atoms with Crippen molar-refractivity contribution in [1.29, 1.82) is 0 Å². The standard InChI is InChI=1S/C11H10N6S/c18-11-15-14-10(17(11)7-1-2-7)8-5-13-16-4-3-12-6-9(8)16/h3-7H,1-2H2,(H,15,18). The molecule has 1 aliphatic carbocycles. The maximum absolute atomic E-state index is 5.29. The largest absolute Gasteiger partial charge is 0.297 e. The summed E-state index contributed by atoms with van der Waals surface area (Å²) in [5.41, 5.74) is 1.90. The Bertz CT molecular complexity index is 778. The number of rotatable bonds is 2. The molecule has 18 heavy (non-hydrogen) atoms. The lowest BCUT2D eigenvalue weighted by Crippen LogP contribution is -1.97. The van der Waals surface area contributed by atoms with Crippen molar-refractivity contribution in [3.05, 3.63) is 29.6 Å². The average molecular weight is 258 g/mol. The first-order valence-electron chi connectivity index (χ1n) is 5.79. The fourth-order valence-electron chi connectivity index (χ4n) is 2.17. The van der Waals surface area contributed by atoms with Crippen molar-refractivity contribution < 1.29 is 0 Å². The van der Waals surface area contributed by atoms with Crippen LogP contribution in [-0.2, 0) is 0 Å². The fraction of sp³-hybridized carbons (Fsp3) is 0.273. The molecule has 4 rings (SSSR count). The highest BCUT2D eigenvalue weighted by Gasteiger charge is 2.28. The summed E-state index contributed by atoms with van der Waals surface area (Å²) in [5.74, 6) is 0.852. The van der Waals surface area contributed by atoms with Crippen LogP contribution in [0.5, 0.6) is 0 Å². The normalized spacial score (nSPS) is 15.3. The summed E-state index contributed by atoms with van der Waals surface area (Å²) in [5, 5.41) is 11.5. The third-order valence-corrected chi connectivity index (χ3v) is 3.47. The first kappa shape index (κ1) is 9.95. The molecule has 1 fully saturated rings. The summed E-state index contributed by atoms with van der Waals surface area (Å²) in [4.78, 5) is 4.13. The first-order valence-corrected chi connectivity index (χ1v) is 6.20. The van der Waals surface area contributed by atoms with E-state index in [1.165, 1.54) is 0 Å². The summed E-state index contributed by atoms with van der Waals surface area (Å²) in [6.07, 6.45) is 9.46. The van der Waals surface area contributed by atoms with E-state index >= 15 is 0 Å². The Morgan fingerprint density at radius 1 is 1.33 bits per heavy atom. The molecule has 0 spiro atoms. The molecular weight excluding hydrogens is 248 g/mol. The zero-order valence-corrected chi connectivity index (χ0v) is 10.3. The van der Waals surface area contributed by atoms with E-state index in [2.05, 4.69) is 24.8 Å². The fourth-order valence-corrected chi connectivity index (χ4v) is 2.45. The highest BCUT2D eigenvalue weighted by molar-refractivity contribution is 7.71. The van der Waals surface area contributed by atoms with Gasteiger partial charge in [0.15, 0.2) is 10.6 Å². The van der Waals surface area contributed by atoms with E-state index in [4.69, 9.17) is 12.2 Å². The van der Waals surface area contributed by atoms with Crippen LogP contribution in [-0.4, -0.2) is 29.4 Å². The summed E-state index contributed by atoms with van der Waals surface area (Å²) in [6, 6.07) is 0.484. The summed E-state index contributed by atoms with van der Waals surface area (Å²) in [6.45, 7) is 0. The zero-order chi connectivity index (χ0) is 12.1. The predicted molar refractivity (Wildman–Crippen MR) is 67.7 cm³/mol. The van der Waals surface area contributed by atoms with Gasteiger partial charge in [0.05, 0.1) is 23.5 Å². The number of fused-ring (bicyclic) bond motifs is 1. The van der Waals surface area contributed by atoms with Gasteiger partial charge in [0, 0.05) is 18.4 Å². The van der Waals surface area contributed by atoms with Gasteiger partial charge in [-0.25, -0.2) is 4.52 Å². The minimum Gasteiger partial charge on any atom is -0.297 e. The van der Waals surface area contributed by atoms with Crippen molar-refractivity contribution in [2.45, 2.75) is 18.9 Å². The van der Waals surface area contributed by atoms with Crippen molar-refractivity contribution in [3.63, 3.8) is 0 Å². The molecule has 1 N–H and O–H groups in total. The summed E-state index contributed by atoms with van der Waals surface area (Å²) >= 11 is 5.29. The lowest BCUT2D eigenvalue weighted by molar-refractivity contribution is 0.735. The number of aromatic amines is 1. The molecule has 1 aliphatic rings. The number of hydrogen-bond acceptors (Lipinski definition) is 4. The van der Waals surface area contributed by atoms with E-state index in [9.17, 15) is 0 Å². The van der Waals surface area contributed by atoms with Gasteiger partial charge < -0.3 is 0 Å².